The highest BCUT2D eigenvalue weighted by Crippen LogP contribution is 2.32. The molecule has 0 radical (unpaired) electrons. The fourth-order valence-corrected chi connectivity index (χ4v) is 4.14. The third kappa shape index (κ3) is 3.82. The van der Waals surface area contributed by atoms with Crippen molar-refractivity contribution in [2.24, 2.45) is 0 Å². The largest absolute Gasteiger partial charge is 0.493 e. The average molecular weight is 381 g/mol. The second-order valence-electron chi connectivity index (χ2n) is 5.90. The van der Waals surface area contributed by atoms with Gasteiger partial charge >= 0.3 is 0 Å². The highest BCUT2D eigenvalue weighted by Gasteiger charge is 2.37. The molecule has 1 fully saturated rings. The van der Waals surface area contributed by atoms with Gasteiger partial charge in [0, 0.05) is 19.2 Å². The quantitative estimate of drug-likeness (QED) is 0.737. The molecular formula is C18H20FNO5S. The van der Waals surface area contributed by atoms with Gasteiger partial charge in [0.1, 0.15) is 5.82 Å². The topological polar surface area (TPSA) is 65.1 Å². The van der Waals surface area contributed by atoms with Crippen LogP contribution in [0.15, 0.2) is 47.4 Å². The number of halogens is 1. The van der Waals surface area contributed by atoms with Crippen LogP contribution < -0.4 is 9.47 Å². The van der Waals surface area contributed by atoms with Crippen molar-refractivity contribution in [3.8, 4) is 11.5 Å². The molecule has 0 aromatic heterocycles. The zero-order valence-corrected chi connectivity index (χ0v) is 15.3. The summed E-state index contributed by atoms with van der Waals surface area (Å²) in [5, 5.41) is 0. The van der Waals surface area contributed by atoms with Crippen molar-refractivity contribution in [3.05, 3.63) is 53.8 Å². The number of sulfonamides is 1. The number of hydrogen-bond acceptors (Lipinski definition) is 5. The Morgan fingerprint density at radius 3 is 2.31 bits per heavy atom. The van der Waals surface area contributed by atoms with Gasteiger partial charge in [-0.05, 0) is 29.8 Å². The Kier molecular flexibility index (Phi) is 5.45. The van der Waals surface area contributed by atoms with E-state index in [9.17, 15) is 12.8 Å². The van der Waals surface area contributed by atoms with E-state index in [1.807, 2.05) is 0 Å². The third-order valence-electron chi connectivity index (χ3n) is 4.21. The van der Waals surface area contributed by atoms with Gasteiger partial charge in [-0.15, -0.1) is 0 Å². The van der Waals surface area contributed by atoms with E-state index in [-0.39, 0.29) is 29.9 Å². The fourth-order valence-electron chi connectivity index (χ4n) is 2.62. The molecule has 0 unspecified atom stereocenters. The van der Waals surface area contributed by atoms with Crippen molar-refractivity contribution < 1.29 is 27.0 Å². The monoisotopic (exact) mass is 381 g/mol. The molecule has 140 valence electrons. The second-order valence-corrected chi connectivity index (χ2v) is 7.84. The molecule has 0 amide bonds. The minimum Gasteiger partial charge on any atom is -0.493 e. The molecule has 0 atom stereocenters. The van der Waals surface area contributed by atoms with Crippen molar-refractivity contribution in [2.75, 3.05) is 27.3 Å². The maximum Gasteiger partial charge on any atom is 0.243 e. The highest BCUT2D eigenvalue weighted by atomic mass is 32.2. The summed E-state index contributed by atoms with van der Waals surface area (Å²) in [5.41, 5.74) is 0.840. The van der Waals surface area contributed by atoms with Crippen LogP contribution in [0.2, 0.25) is 0 Å². The minimum atomic E-state index is -3.61. The molecule has 1 aliphatic rings. The number of ether oxygens (including phenoxy) is 3. The average Bonchev–Trinajstić information content (AvgIpc) is 2.61. The number of benzene rings is 2. The van der Waals surface area contributed by atoms with Gasteiger partial charge in [-0.3, -0.25) is 0 Å². The predicted octanol–water partition coefficient (Wildman–Crippen LogP) is 2.43. The molecule has 6 nitrogen and oxygen atoms in total. The first-order valence-corrected chi connectivity index (χ1v) is 9.46. The van der Waals surface area contributed by atoms with Crippen LogP contribution in [0.3, 0.4) is 0 Å². The molecule has 8 heteroatoms. The number of rotatable bonds is 7. The predicted molar refractivity (Wildman–Crippen MR) is 93.3 cm³/mol. The van der Waals surface area contributed by atoms with E-state index in [1.165, 1.54) is 42.8 Å². The summed E-state index contributed by atoms with van der Waals surface area (Å²) in [6.45, 7) is 0.866. The molecule has 0 bridgehead atoms. The first-order chi connectivity index (χ1) is 12.4. The fraction of sp³-hybridized carbons (Fsp3) is 0.333. The molecule has 0 saturated carbocycles. The molecule has 0 aliphatic carbocycles. The third-order valence-corrected chi connectivity index (χ3v) is 6.03. The first kappa shape index (κ1) is 18.6. The lowest BCUT2D eigenvalue weighted by Gasteiger charge is -2.37. The van der Waals surface area contributed by atoms with Gasteiger partial charge < -0.3 is 14.2 Å². The van der Waals surface area contributed by atoms with Gasteiger partial charge in [0.05, 0.1) is 31.8 Å². The van der Waals surface area contributed by atoms with Crippen LogP contribution in [0.4, 0.5) is 4.39 Å². The summed E-state index contributed by atoms with van der Waals surface area (Å²) in [7, 11) is -0.667. The van der Waals surface area contributed by atoms with Crippen LogP contribution in [-0.4, -0.2) is 46.1 Å². The number of methoxy groups -OCH3 is 2. The van der Waals surface area contributed by atoms with Crippen molar-refractivity contribution >= 4 is 10.0 Å². The van der Waals surface area contributed by atoms with Crippen LogP contribution in [0.1, 0.15) is 5.56 Å². The van der Waals surface area contributed by atoms with E-state index in [4.69, 9.17) is 14.2 Å². The molecule has 1 heterocycles. The Morgan fingerprint density at radius 2 is 1.69 bits per heavy atom. The summed E-state index contributed by atoms with van der Waals surface area (Å²) in [6, 6.07) is 10.5. The minimum absolute atomic E-state index is 0.145. The molecule has 0 spiro atoms. The van der Waals surface area contributed by atoms with E-state index in [1.54, 1.807) is 18.2 Å². The van der Waals surface area contributed by atoms with Gasteiger partial charge in [-0.1, -0.05) is 12.1 Å². The Morgan fingerprint density at radius 1 is 1.04 bits per heavy atom. The molecule has 1 aliphatic heterocycles. The highest BCUT2D eigenvalue weighted by molar-refractivity contribution is 7.89. The SMILES string of the molecule is COc1ccc(S(=O)(=O)N2CC(OCc3ccc(F)cc3)C2)cc1OC. The van der Waals surface area contributed by atoms with Crippen molar-refractivity contribution in [1.29, 1.82) is 0 Å². The summed E-state index contributed by atoms with van der Waals surface area (Å²) in [6.07, 6.45) is -0.185. The van der Waals surface area contributed by atoms with E-state index in [0.717, 1.165) is 5.56 Å². The summed E-state index contributed by atoms with van der Waals surface area (Å²) in [4.78, 5) is 0.145. The zero-order chi connectivity index (χ0) is 18.7. The van der Waals surface area contributed by atoms with Crippen LogP contribution in [0.5, 0.6) is 11.5 Å². The van der Waals surface area contributed by atoms with Crippen LogP contribution >= 0.6 is 0 Å². The number of hydrogen-bond donors (Lipinski definition) is 0. The first-order valence-electron chi connectivity index (χ1n) is 8.02. The summed E-state index contributed by atoms with van der Waals surface area (Å²) in [5.74, 6) is 0.526. The number of nitrogens with zero attached hydrogens (tertiary/aromatic N) is 1. The van der Waals surface area contributed by atoms with Gasteiger partial charge in [0.25, 0.3) is 0 Å². The van der Waals surface area contributed by atoms with Gasteiger partial charge in [0.15, 0.2) is 11.5 Å². The lowest BCUT2D eigenvalue weighted by Crippen LogP contribution is -2.54. The molecule has 1 saturated heterocycles. The van der Waals surface area contributed by atoms with E-state index in [2.05, 4.69) is 0 Å². The Bertz CT molecular complexity index is 864. The lowest BCUT2D eigenvalue weighted by molar-refractivity contribution is -0.0295. The molecule has 26 heavy (non-hydrogen) atoms. The second kappa shape index (κ2) is 7.61. The summed E-state index contributed by atoms with van der Waals surface area (Å²) >= 11 is 0. The van der Waals surface area contributed by atoms with Gasteiger partial charge in [0.2, 0.25) is 10.0 Å². The molecule has 2 aromatic carbocycles. The van der Waals surface area contributed by atoms with Crippen LogP contribution in [-0.2, 0) is 21.4 Å². The van der Waals surface area contributed by atoms with Gasteiger partial charge in [-0.2, -0.15) is 4.31 Å². The lowest BCUT2D eigenvalue weighted by atomic mass is 10.2. The molecule has 2 aromatic rings. The van der Waals surface area contributed by atoms with E-state index >= 15 is 0 Å². The zero-order valence-electron chi connectivity index (χ0n) is 14.5. The Labute approximate surface area is 152 Å². The Balaban J connectivity index is 1.59. The molecular weight excluding hydrogens is 361 g/mol. The maximum absolute atomic E-state index is 12.9. The van der Waals surface area contributed by atoms with Crippen molar-refractivity contribution in [1.82, 2.24) is 4.31 Å². The van der Waals surface area contributed by atoms with Gasteiger partial charge in [-0.25, -0.2) is 12.8 Å². The molecule has 3 rings (SSSR count). The van der Waals surface area contributed by atoms with Crippen molar-refractivity contribution in [2.45, 2.75) is 17.6 Å². The van der Waals surface area contributed by atoms with Crippen LogP contribution in [0, 0.1) is 5.82 Å². The molecule has 0 N–H and O–H groups in total. The normalized spacial score (nSPS) is 15.5. The summed E-state index contributed by atoms with van der Waals surface area (Å²) < 4.78 is 55.5. The van der Waals surface area contributed by atoms with E-state index in [0.29, 0.717) is 18.1 Å². The standard InChI is InChI=1S/C18H20FNO5S/c1-23-17-8-7-16(9-18(17)24-2)26(21,22)20-10-15(11-20)25-12-13-3-5-14(19)6-4-13/h3-9,15H,10-12H2,1-2H3. The van der Waals surface area contributed by atoms with Crippen LogP contribution in [0.25, 0.3) is 0 Å². The van der Waals surface area contributed by atoms with Crippen molar-refractivity contribution in [3.63, 3.8) is 0 Å². The smallest absolute Gasteiger partial charge is 0.243 e. The Hall–Kier alpha value is -2.16. The maximum atomic E-state index is 12.9. The van der Waals surface area contributed by atoms with E-state index < -0.39 is 10.0 Å².